The number of ether oxygens (including phenoxy) is 1. The monoisotopic (exact) mass is 384 g/mol. The van der Waals surface area contributed by atoms with Gasteiger partial charge >= 0.3 is 0 Å². The Kier molecular flexibility index (Phi) is 5.13. The van der Waals surface area contributed by atoms with Gasteiger partial charge in [0.25, 0.3) is 0 Å². The van der Waals surface area contributed by atoms with Crippen LogP contribution in [0, 0.1) is 0 Å². The molecule has 26 heavy (non-hydrogen) atoms. The van der Waals surface area contributed by atoms with Crippen molar-refractivity contribution in [3.63, 3.8) is 0 Å². The number of carbonyl (C=O) groups is 1. The minimum atomic E-state index is 0.140. The number of aromatic nitrogens is 1. The lowest BCUT2D eigenvalue weighted by Gasteiger charge is -2.30. The Morgan fingerprint density at radius 2 is 2.15 bits per heavy atom. The molecule has 0 atom stereocenters. The summed E-state index contributed by atoms with van der Waals surface area (Å²) in [6.07, 6.45) is 1.99. The van der Waals surface area contributed by atoms with Crippen molar-refractivity contribution in [2.75, 3.05) is 24.3 Å². The summed E-state index contributed by atoms with van der Waals surface area (Å²) in [5.41, 5.74) is 3.18. The Balaban J connectivity index is 1.43. The van der Waals surface area contributed by atoms with Crippen LogP contribution >= 0.6 is 23.1 Å². The maximum Gasteiger partial charge on any atom is 0.237 e. The molecule has 0 spiro atoms. The zero-order valence-corrected chi connectivity index (χ0v) is 16.2. The Morgan fingerprint density at radius 3 is 3.00 bits per heavy atom. The van der Waals surface area contributed by atoms with Crippen molar-refractivity contribution in [1.82, 2.24) is 4.98 Å². The number of thioether (sulfide) groups is 1. The van der Waals surface area contributed by atoms with E-state index in [0.29, 0.717) is 5.75 Å². The zero-order valence-electron chi connectivity index (χ0n) is 14.6. The summed E-state index contributed by atoms with van der Waals surface area (Å²) >= 11 is 3.33. The molecule has 0 aliphatic carbocycles. The van der Waals surface area contributed by atoms with Gasteiger partial charge in [-0.1, -0.05) is 24.3 Å². The van der Waals surface area contributed by atoms with Crippen LogP contribution in [0.5, 0.6) is 5.75 Å². The van der Waals surface area contributed by atoms with E-state index in [1.165, 1.54) is 10.3 Å². The highest BCUT2D eigenvalue weighted by molar-refractivity contribution is 7.99. The van der Waals surface area contributed by atoms with Gasteiger partial charge in [-0.3, -0.25) is 4.79 Å². The van der Waals surface area contributed by atoms with Crippen LogP contribution in [-0.2, 0) is 17.0 Å². The molecular weight excluding hydrogens is 364 g/mol. The van der Waals surface area contributed by atoms with E-state index in [0.717, 1.165) is 47.1 Å². The first-order chi connectivity index (χ1) is 12.8. The molecule has 0 bridgehead atoms. The number of amides is 1. The number of hydrogen-bond acceptors (Lipinski definition) is 5. The lowest BCUT2D eigenvalue weighted by atomic mass is 10.0. The van der Waals surface area contributed by atoms with E-state index in [1.807, 2.05) is 35.2 Å². The van der Waals surface area contributed by atoms with Crippen molar-refractivity contribution in [2.45, 2.75) is 18.6 Å². The van der Waals surface area contributed by atoms with Crippen LogP contribution in [0.1, 0.15) is 17.0 Å². The summed E-state index contributed by atoms with van der Waals surface area (Å²) in [5, 5.41) is 1.07. The molecule has 0 unspecified atom stereocenters. The number of aryl methyl sites for hydroxylation is 1. The van der Waals surface area contributed by atoms with Gasteiger partial charge in [0, 0.05) is 12.3 Å². The molecule has 2 aromatic carbocycles. The van der Waals surface area contributed by atoms with Crippen LogP contribution in [0.4, 0.5) is 5.69 Å². The number of rotatable bonds is 5. The molecule has 1 amide bonds. The lowest BCUT2D eigenvalue weighted by Crippen LogP contribution is -2.37. The predicted molar refractivity (Wildman–Crippen MR) is 109 cm³/mol. The molecule has 134 valence electrons. The van der Waals surface area contributed by atoms with Gasteiger partial charge in [0.2, 0.25) is 5.91 Å². The van der Waals surface area contributed by atoms with Gasteiger partial charge in [-0.15, -0.1) is 23.1 Å². The summed E-state index contributed by atoms with van der Waals surface area (Å²) in [5.74, 6) is 2.14. The van der Waals surface area contributed by atoms with E-state index in [-0.39, 0.29) is 5.91 Å². The SMILES string of the molecule is COc1cccc2c1N(C(=O)CSCc1nc3ccccc3s1)CCC2. The molecule has 6 heteroatoms. The molecule has 2 heterocycles. The fraction of sp³-hybridized carbons (Fsp3) is 0.300. The number of nitrogens with zero attached hydrogens (tertiary/aromatic N) is 2. The van der Waals surface area contributed by atoms with Gasteiger partial charge in [-0.2, -0.15) is 0 Å². The first-order valence-electron chi connectivity index (χ1n) is 8.64. The molecule has 1 aliphatic heterocycles. The minimum absolute atomic E-state index is 0.140. The van der Waals surface area contributed by atoms with E-state index in [9.17, 15) is 4.79 Å². The van der Waals surface area contributed by atoms with E-state index in [2.05, 4.69) is 17.1 Å². The standard InChI is InChI=1S/C20H20N2O2S2/c1-24-16-9-4-6-14-7-5-11-22(20(14)16)19(23)13-25-12-18-21-15-8-2-3-10-17(15)26-18/h2-4,6,8-10H,5,7,11-13H2,1H3. The van der Waals surface area contributed by atoms with Crippen LogP contribution in [-0.4, -0.2) is 30.3 Å². The zero-order chi connectivity index (χ0) is 17.9. The fourth-order valence-electron chi connectivity index (χ4n) is 3.31. The molecule has 1 aliphatic rings. The number of fused-ring (bicyclic) bond motifs is 2. The fourth-order valence-corrected chi connectivity index (χ4v) is 5.23. The van der Waals surface area contributed by atoms with Gasteiger partial charge in [0.15, 0.2) is 0 Å². The van der Waals surface area contributed by atoms with Crippen LogP contribution in [0.2, 0.25) is 0 Å². The molecule has 0 N–H and O–H groups in total. The highest BCUT2D eigenvalue weighted by Crippen LogP contribution is 2.36. The number of benzene rings is 2. The summed E-state index contributed by atoms with van der Waals surface area (Å²) in [7, 11) is 1.66. The molecule has 0 fully saturated rings. The van der Waals surface area contributed by atoms with Gasteiger partial charge < -0.3 is 9.64 Å². The number of anilines is 1. The third-order valence-corrected chi connectivity index (χ3v) is 6.64. The molecule has 0 radical (unpaired) electrons. The normalized spacial score (nSPS) is 13.7. The number of thiazole rings is 1. The summed E-state index contributed by atoms with van der Waals surface area (Å²) in [6, 6.07) is 14.2. The third-order valence-electron chi connectivity index (χ3n) is 4.49. The van der Waals surface area contributed by atoms with Crippen LogP contribution in [0.3, 0.4) is 0 Å². The van der Waals surface area contributed by atoms with Gasteiger partial charge in [0.1, 0.15) is 10.8 Å². The average Bonchev–Trinajstić information content (AvgIpc) is 3.09. The van der Waals surface area contributed by atoms with Gasteiger partial charge in [-0.25, -0.2) is 4.98 Å². The topological polar surface area (TPSA) is 42.4 Å². The smallest absolute Gasteiger partial charge is 0.237 e. The van der Waals surface area contributed by atoms with Crippen LogP contribution in [0.25, 0.3) is 10.2 Å². The molecule has 3 aromatic rings. The third kappa shape index (κ3) is 3.44. The summed E-state index contributed by atoms with van der Waals surface area (Å²) < 4.78 is 6.69. The van der Waals surface area contributed by atoms with E-state index in [4.69, 9.17) is 4.74 Å². The van der Waals surface area contributed by atoms with E-state index in [1.54, 1.807) is 30.2 Å². The second kappa shape index (κ2) is 7.68. The highest BCUT2D eigenvalue weighted by Gasteiger charge is 2.25. The van der Waals surface area contributed by atoms with Gasteiger partial charge in [0.05, 0.1) is 28.8 Å². The highest BCUT2D eigenvalue weighted by atomic mass is 32.2. The number of para-hydroxylation sites is 2. The second-order valence-corrected chi connectivity index (χ2v) is 8.29. The van der Waals surface area contributed by atoms with Crippen LogP contribution in [0.15, 0.2) is 42.5 Å². The Hall–Kier alpha value is -2.05. The largest absolute Gasteiger partial charge is 0.495 e. The molecular formula is C20H20N2O2S2. The van der Waals surface area contributed by atoms with Crippen molar-refractivity contribution in [1.29, 1.82) is 0 Å². The number of hydrogen-bond donors (Lipinski definition) is 0. The summed E-state index contributed by atoms with van der Waals surface area (Å²) in [4.78, 5) is 19.4. The van der Waals surface area contributed by atoms with E-state index >= 15 is 0 Å². The lowest BCUT2D eigenvalue weighted by molar-refractivity contribution is -0.116. The second-order valence-electron chi connectivity index (χ2n) is 6.19. The molecule has 4 rings (SSSR count). The van der Waals surface area contributed by atoms with Crippen LogP contribution < -0.4 is 9.64 Å². The van der Waals surface area contributed by atoms with Crippen molar-refractivity contribution >= 4 is 44.9 Å². The van der Waals surface area contributed by atoms with Crippen molar-refractivity contribution < 1.29 is 9.53 Å². The molecule has 4 nitrogen and oxygen atoms in total. The van der Waals surface area contributed by atoms with Crippen molar-refractivity contribution in [2.24, 2.45) is 0 Å². The summed E-state index contributed by atoms with van der Waals surface area (Å²) in [6.45, 7) is 0.758. The van der Waals surface area contributed by atoms with E-state index < -0.39 is 0 Å². The van der Waals surface area contributed by atoms with Gasteiger partial charge in [-0.05, 0) is 36.6 Å². The van der Waals surface area contributed by atoms with Crippen molar-refractivity contribution in [3.8, 4) is 5.75 Å². The molecule has 0 saturated carbocycles. The average molecular weight is 385 g/mol. The first kappa shape index (κ1) is 17.4. The Labute approximate surface area is 161 Å². The Morgan fingerprint density at radius 1 is 1.27 bits per heavy atom. The maximum atomic E-state index is 12.8. The number of methoxy groups -OCH3 is 1. The molecule has 0 saturated heterocycles. The molecule has 1 aromatic heterocycles. The quantitative estimate of drug-likeness (QED) is 0.649. The number of carbonyl (C=O) groups excluding carboxylic acids is 1. The minimum Gasteiger partial charge on any atom is -0.495 e. The Bertz CT molecular complexity index is 891. The first-order valence-corrected chi connectivity index (χ1v) is 10.6. The maximum absolute atomic E-state index is 12.8. The predicted octanol–water partition coefficient (Wildman–Crippen LogP) is 4.52. The van der Waals surface area contributed by atoms with Crippen molar-refractivity contribution in [3.05, 3.63) is 53.0 Å².